The Morgan fingerprint density at radius 2 is 1.50 bits per heavy atom. The fourth-order valence-electron chi connectivity index (χ4n) is 2.46. The topological polar surface area (TPSA) is 97.5 Å². The van der Waals surface area contributed by atoms with Gasteiger partial charge in [-0.15, -0.1) is 0 Å². The van der Waals surface area contributed by atoms with Crippen molar-refractivity contribution in [2.24, 2.45) is 5.92 Å². The predicted octanol–water partition coefficient (Wildman–Crippen LogP) is 3.35. The minimum absolute atomic E-state index is 0.236. The van der Waals surface area contributed by atoms with Crippen LogP contribution in [0.3, 0.4) is 0 Å². The number of hydrogen-bond donors (Lipinski definition) is 1. The second kappa shape index (κ2) is 7.83. The van der Waals surface area contributed by atoms with Crippen LogP contribution in [0.5, 0.6) is 0 Å². The lowest BCUT2D eigenvalue weighted by Crippen LogP contribution is -2.38. The third-order valence-corrected chi connectivity index (χ3v) is 4.60. The molecule has 2 aromatic rings. The van der Waals surface area contributed by atoms with Crippen LogP contribution in [0.25, 0.3) is 0 Å². The maximum atomic E-state index is 12.5. The molecule has 7 heteroatoms. The van der Waals surface area contributed by atoms with E-state index >= 15 is 0 Å². The number of hydrogen-bond acceptors (Lipinski definition) is 4. The van der Waals surface area contributed by atoms with Crippen molar-refractivity contribution >= 4 is 27.7 Å². The van der Waals surface area contributed by atoms with E-state index in [1.54, 1.807) is 48.5 Å². The number of carbonyl (C=O) groups excluding carboxylic acids is 1. The largest absolute Gasteiger partial charge is 0.481 e. The molecule has 0 unspecified atom stereocenters. The van der Waals surface area contributed by atoms with E-state index in [1.807, 2.05) is 0 Å². The van der Waals surface area contributed by atoms with E-state index in [2.05, 4.69) is 15.9 Å². The van der Waals surface area contributed by atoms with Crippen molar-refractivity contribution in [3.63, 3.8) is 0 Å². The highest BCUT2D eigenvalue weighted by Gasteiger charge is 2.46. The molecule has 2 rings (SSSR count). The summed E-state index contributed by atoms with van der Waals surface area (Å²) >= 11 is 3.08. The van der Waals surface area contributed by atoms with Gasteiger partial charge in [0.1, 0.15) is 5.92 Å². The average molecular weight is 392 g/mol. The number of nitro groups is 1. The minimum Gasteiger partial charge on any atom is -0.481 e. The van der Waals surface area contributed by atoms with Crippen molar-refractivity contribution in [3.8, 4) is 0 Å². The molecule has 0 aliphatic rings. The maximum Gasteiger partial charge on any atom is 0.315 e. The fraction of sp³-hybridized carbons (Fsp3) is 0.176. The normalized spacial score (nSPS) is 14.4. The first-order valence-electron chi connectivity index (χ1n) is 7.08. The molecule has 6 nitrogen and oxygen atoms in total. The molecule has 0 spiro atoms. The summed E-state index contributed by atoms with van der Waals surface area (Å²) in [6, 6.07) is 14.4. The zero-order valence-electron chi connectivity index (χ0n) is 12.4. The van der Waals surface area contributed by atoms with Crippen molar-refractivity contribution in [1.29, 1.82) is 0 Å². The van der Waals surface area contributed by atoms with E-state index in [-0.39, 0.29) is 5.56 Å². The second-order valence-electron chi connectivity index (χ2n) is 5.14. The van der Waals surface area contributed by atoms with Crippen molar-refractivity contribution in [2.75, 3.05) is 0 Å². The minimum atomic E-state index is -1.55. The molecule has 0 saturated heterocycles. The van der Waals surface area contributed by atoms with Crippen molar-refractivity contribution in [1.82, 2.24) is 0 Å². The van der Waals surface area contributed by atoms with E-state index in [0.717, 1.165) is 0 Å². The molecule has 0 heterocycles. The zero-order chi connectivity index (χ0) is 17.7. The predicted molar refractivity (Wildman–Crippen MR) is 90.8 cm³/mol. The molecule has 3 atom stereocenters. The van der Waals surface area contributed by atoms with Gasteiger partial charge in [-0.2, -0.15) is 0 Å². The van der Waals surface area contributed by atoms with Crippen molar-refractivity contribution in [3.05, 3.63) is 81.9 Å². The Kier molecular flexibility index (Phi) is 5.81. The van der Waals surface area contributed by atoms with E-state index in [4.69, 9.17) is 0 Å². The Morgan fingerprint density at radius 1 is 1.00 bits per heavy atom. The number of halogens is 1. The van der Waals surface area contributed by atoms with E-state index in [0.29, 0.717) is 5.56 Å². The van der Waals surface area contributed by atoms with Gasteiger partial charge in [-0.1, -0.05) is 76.6 Å². The van der Waals surface area contributed by atoms with Crippen LogP contribution in [0, 0.1) is 16.0 Å². The first-order valence-corrected chi connectivity index (χ1v) is 7.99. The molecule has 0 aliphatic carbocycles. The molecule has 0 amide bonds. The van der Waals surface area contributed by atoms with Crippen molar-refractivity contribution in [2.45, 2.75) is 10.9 Å². The number of benzene rings is 2. The SMILES string of the molecule is O=C(O)[C@H]([C@H](Br)C(=O)c1ccccc1)[C@H](c1ccccc1)[N+](=O)[O-]. The van der Waals surface area contributed by atoms with Gasteiger partial charge in [0.2, 0.25) is 0 Å². The van der Waals surface area contributed by atoms with Gasteiger partial charge in [0, 0.05) is 16.1 Å². The summed E-state index contributed by atoms with van der Waals surface area (Å²) in [6.45, 7) is 0. The Morgan fingerprint density at radius 3 is 1.96 bits per heavy atom. The molecule has 0 bridgehead atoms. The van der Waals surface area contributed by atoms with E-state index in [1.165, 1.54) is 12.1 Å². The Hall–Kier alpha value is -2.54. The molecule has 24 heavy (non-hydrogen) atoms. The van der Waals surface area contributed by atoms with Gasteiger partial charge in [0.05, 0.1) is 4.83 Å². The summed E-state index contributed by atoms with van der Waals surface area (Å²) in [5.74, 6) is -3.47. The standard InChI is InChI=1S/C17H14BrNO5/c18-14(16(20)12-9-5-2-6-10-12)13(17(21)22)15(19(23)24)11-7-3-1-4-8-11/h1-10,13-15H,(H,21,22)/t13-,14+,15+/m1/s1. The molecule has 0 fully saturated rings. The molecule has 1 N–H and O–H groups in total. The summed E-state index contributed by atoms with van der Waals surface area (Å²) in [6.07, 6.45) is 0. The van der Waals surface area contributed by atoms with Gasteiger partial charge in [0.15, 0.2) is 5.78 Å². The maximum absolute atomic E-state index is 12.5. The van der Waals surface area contributed by atoms with Gasteiger partial charge < -0.3 is 5.11 Å². The Labute approximate surface area is 146 Å². The lowest BCUT2D eigenvalue weighted by molar-refractivity contribution is -0.536. The monoisotopic (exact) mass is 391 g/mol. The highest BCUT2D eigenvalue weighted by Crippen LogP contribution is 2.33. The Balaban J connectivity index is 2.42. The lowest BCUT2D eigenvalue weighted by atomic mass is 9.87. The van der Waals surface area contributed by atoms with Crippen LogP contribution in [0.2, 0.25) is 0 Å². The molecule has 0 radical (unpaired) electrons. The number of ketones is 1. The van der Waals surface area contributed by atoms with Gasteiger partial charge >= 0.3 is 5.97 Å². The van der Waals surface area contributed by atoms with Crippen LogP contribution < -0.4 is 0 Å². The fourth-order valence-corrected chi connectivity index (χ4v) is 3.23. The summed E-state index contributed by atoms with van der Waals surface area (Å²) in [5, 5.41) is 21.1. The number of carboxylic acid groups (broad SMARTS) is 1. The molecule has 124 valence electrons. The number of carbonyl (C=O) groups is 2. The van der Waals surface area contributed by atoms with E-state index < -0.39 is 33.5 Å². The number of Topliss-reactive ketones (excluding diaryl/α,β-unsaturated/α-hetero) is 1. The highest BCUT2D eigenvalue weighted by molar-refractivity contribution is 9.10. The third-order valence-electron chi connectivity index (χ3n) is 3.62. The third kappa shape index (κ3) is 3.86. The second-order valence-corrected chi connectivity index (χ2v) is 6.12. The molecule has 0 saturated carbocycles. The van der Waals surface area contributed by atoms with Crippen LogP contribution in [0.4, 0.5) is 0 Å². The number of alkyl halides is 1. The van der Waals surface area contributed by atoms with Crippen LogP contribution in [0.1, 0.15) is 22.0 Å². The average Bonchev–Trinajstić information content (AvgIpc) is 2.59. The quantitative estimate of drug-likeness (QED) is 0.337. The molecular weight excluding hydrogens is 378 g/mol. The number of aliphatic carboxylic acids is 1. The summed E-state index contributed by atoms with van der Waals surface area (Å²) in [4.78, 5) is 33.9. The molecule has 0 aromatic heterocycles. The van der Waals surface area contributed by atoms with E-state index in [9.17, 15) is 24.8 Å². The first-order chi connectivity index (χ1) is 11.4. The van der Waals surface area contributed by atoms with Gasteiger partial charge in [0.25, 0.3) is 6.04 Å². The number of carboxylic acids is 1. The summed E-state index contributed by atoms with van der Waals surface area (Å²) in [5.41, 5.74) is 0.529. The summed E-state index contributed by atoms with van der Waals surface area (Å²) < 4.78 is 0. The van der Waals surface area contributed by atoms with Crippen LogP contribution in [-0.4, -0.2) is 26.6 Å². The van der Waals surface area contributed by atoms with Crippen molar-refractivity contribution < 1.29 is 19.6 Å². The van der Waals surface area contributed by atoms with Crippen LogP contribution in [-0.2, 0) is 4.79 Å². The zero-order valence-corrected chi connectivity index (χ0v) is 14.0. The van der Waals surface area contributed by atoms with Gasteiger partial charge in [-0.25, -0.2) is 0 Å². The molecule has 0 aliphatic heterocycles. The summed E-state index contributed by atoms with van der Waals surface area (Å²) in [7, 11) is 0. The molecular formula is C17H14BrNO5. The number of rotatable bonds is 7. The number of nitrogens with zero attached hydrogens (tertiary/aromatic N) is 1. The lowest BCUT2D eigenvalue weighted by Gasteiger charge is -2.21. The van der Waals surface area contributed by atoms with Crippen LogP contribution >= 0.6 is 15.9 Å². The first kappa shape index (κ1) is 17.8. The highest BCUT2D eigenvalue weighted by atomic mass is 79.9. The van der Waals surface area contributed by atoms with Gasteiger partial charge in [-0.3, -0.25) is 19.7 Å². The van der Waals surface area contributed by atoms with Crippen LogP contribution in [0.15, 0.2) is 60.7 Å². The Bertz CT molecular complexity index is 735. The smallest absolute Gasteiger partial charge is 0.315 e. The molecule has 2 aromatic carbocycles. The van der Waals surface area contributed by atoms with Gasteiger partial charge in [-0.05, 0) is 0 Å².